The van der Waals surface area contributed by atoms with Gasteiger partial charge in [0.05, 0.1) is 19.8 Å². The second-order valence-corrected chi connectivity index (χ2v) is 4.38. The van der Waals surface area contributed by atoms with Crippen LogP contribution in [-0.4, -0.2) is 36.6 Å². The summed E-state index contributed by atoms with van der Waals surface area (Å²) in [6.07, 6.45) is 0.424. The molecule has 2 unspecified atom stereocenters. The van der Waals surface area contributed by atoms with E-state index in [0.29, 0.717) is 30.1 Å². The molecular weight excluding hydrogens is 246 g/mol. The first-order valence-corrected chi connectivity index (χ1v) is 6.49. The summed E-state index contributed by atoms with van der Waals surface area (Å²) < 4.78 is 10.8. The first-order valence-electron chi connectivity index (χ1n) is 6.49. The van der Waals surface area contributed by atoms with Gasteiger partial charge in [0.15, 0.2) is 11.5 Å². The van der Waals surface area contributed by atoms with Crippen molar-refractivity contribution in [2.45, 2.75) is 31.9 Å². The maximum Gasteiger partial charge on any atom is 0.161 e. The van der Waals surface area contributed by atoms with E-state index in [1.54, 1.807) is 25.3 Å². The minimum absolute atomic E-state index is 0.0486. The van der Waals surface area contributed by atoms with Crippen LogP contribution in [0.5, 0.6) is 11.5 Å². The van der Waals surface area contributed by atoms with E-state index in [4.69, 9.17) is 20.3 Å². The third kappa shape index (κ3) is 4.38. The Morgan fingerprint density at radius 1 is 1.32 bits per heavy atom. The number of nitrogens with two attached hydrogens (primary N) is 1. The smallest absolute Gasteiger partial charge is 0.161 e. The molecule has 5 nitrogen and oxygen atoms in total. The number of aliphatic hydroxyl groups excluding tert-OH is 2. The fourth-order valence-corrected chi connectivity index (χ4v) is 1.75. The third-order valence-corrected chi connectivity index (χ3v) is 2.86. The molecule has 0 aliphatic heterocycles. The first-order chi connectivity index (χ1) is 9.13. The van der Waals surface area contributed by atoms with Crippen LogP contribution in [0.25, 0.3) is 0 Å². The van der Waals surface area contributed by atoms with Crippen LogP contribution in [0, 0.1) is 0 Å². The van der Waals surface area contributed by atoms with Crippen LogP contribution < -0.4 is 15.2 Å². The highest BCUT2D eigenvalue weighted by Gasteiger charge is 2.18. The summed E-state index contributed by atoms with van der Waals surface area (Å²) in [5.41, 5.74) is 6.44. The van der Waals surface area contributed by atoms with Crippen molar-refractivity contribution < 1.29 is 19.7 Å². The van der Waals surface area contributed by atoms with Crippen molar-refractivity contribution in [3.63, 3.8) is 0 Å². The zero-order chi connectivity index (χ0) is 14.3. The van der Waals surface area contributed by atoms with Crippen LogP contribution in [0.1, 0.15) is 31.4 Å². The standard InChI is InChI=1S/C14H23NO4/c1-3-8-19-12-5-4-10(9-13(12)18-2)14(17)11(15)6-7-16/h4-5,9,11,14,16-17H,3,6-8,15H2,1-2H3. The predicted octanol–water partition coefficient (Wildman–Crippen LogP) is 1.23. The molecule has 0 amide bonds. The van der Waals surface area contributed by atoms with Crippen LogP contribution in [0.4, 0.5) is 0 Å². The lowest BCUT2D eigenvalue weighted by Gasteiger charge is -2.19. The van der Waals surface area contributed by atoms with Gasteiger partial charge in [-0.1, -0.05) is 13.0 Å². The number of benzene rings is 1. The Morgan fingerprint density at radius 2 is 2.05 bits per heavy atom. The second kappa shape index (κ2) is 7.99. The van der Waals surface area contributed by atoms with Gasteiger partial charge in [0.1, 0.15) is 0 Å². The number of ether oxygens (including phenoxy) is 2. The molecule has 0 spiro atoms. The molecule has 0 aliphatic rings. The molecule has 108 valence electrons. The van der Waals surface area contributed by atoms with Crippen LogP contribution in [0.3, 0.4) is 0 Å². The lowest BCUT2D eigenvalue weighted by Crippen LogP contribution is -2.29. The van der Waals surface area contributed by atoms with Gasteiger partial charge >= 0.3 is 0 Å². The zero-order valence-electron chi connectivity index (χ0n) is 11.5. The average Bonchev–Trinajstić information content (AvgIpc) is 2.44. The van der Waals surface area contributed by atoms with E-state index in [1.165, 1.54) is 0 Å². The van der Waals surface area contributed by atoms with Crippen molar-refractivity contribution in [1.29, 1.82) is 0 Å². The van der Waals surface area contributed by atoms with Gasteiger partial charge in [0, 0.05) is 12.6 Å². The highest BCUT2D eigenvalue weighted by atomic mass is 16.5. The highest BCUT2D eigenvalue weighted by Crippen LogP contribution is 2.31. The minimum Gasteiger partial charge on any atom is -0.493 e. The Morgan fingerprint density at radius 3 is 2.63 bits per heavy atom. The Labute approximate surface area is 114 Å². The maximum absolute atomic E-state index is 10.1. The first kappa shape index (κ1) is 15.8. The molecule has 0 heterocycles. The van der Waals surface area contributed by atoms with E-state index in [0.717, 1.165) is 6.42 Å². The Bertz CT molecular complexity index is 384. The predicted molar refractivity (Wildman–Crippen MR) is 73.4 cm³/mol. The number of hydrogen-bond donors (Lipinski definition) is 3. The van der Waals surface area contributed by atoms with E-state index in [2.05, 4.69) is 0 Å². The molecule has 0 aromatic heterocycles. The van der Waals surface area contributed by atoms with Gasteiger partial charge in [0.25, 0.3) is 0 Å². The van der Waals surface area contributed by atoms with Crippen molar-refractivity contribution in [3.05, 3.63) is 23.8 Å². The average molecular weight is 269 g/mol. The van der Waals surface area contributed by atoms with Crippen molar-refractivity contribution in [3.8, 4) is 11.5 Å². The molecular formula is C14H23NO4. The quantitative estimate of drug-likeness (QED) is 0.661. The lowest BCUT2D eigenvalue weighted by molar-refractivity contribution is 0.128. The summed E-state index contributed by atoms with van der Waals surface area (Å²) in [6.45, 7) is 2.59. The summed E-state index contributed by atoms with van der Waals surface area (Å²) in [5.74, 6) is 1.22. The zero-order valence-corrected chi connectivity index (χ0v) is 11.5. The summed E-state index contributed by atoms with van der Waals surface area (Å²) >= 11 is 0. The lowest BCUT2D eigenvalue weighted by atomic mass is 10.0. The molecule has 1 aromatic carbocycles. The monoisotopic (exact) mass is 269 g/mol. The van der Waals surface area contributed by atoms with E-state index in [9.17, 15) is 5.11 Å². The Hall–Kier alpha value is -1.30. The molecule has 0 fully saturated rings. The van der Waals surface area contributed by atoms with Crippen molar-refractivity contribution in [2.75, 3.05) is 20.3 Å². The van der Waals surface area contributed by atoms with Gasteiger partial charge in [0.2, 0.25) is 0 Å². The molecule has 0 saturated carbocycles. The number of hydrogen-bond acceptors (Lipinski definition) is 5. The molecule has 0 saturated heterocycles. The van der Waals surface area contributed by atoms with Gasteiger partial charge < -0.3 is 25.4 Å². The third-order valence-electron chi connectivity index (χ3n) is 2.86. The van der Waals surface area contributed by atoms with Crippen LogP contribution in [-0.2, 0) is 0 Å². The molecule has 4 N–H and O–H groups in total. The summed E-state index contributed by atoms with van der Waals surface area (Å²) in [5, 5.41) is 18.9. The summed E-state index contributed by atoms with van der Waals surface area (Å²) in [4.78, 5) is 0. The molecule has 5 heteroatoms. The fourth-order valence-electron chi connectivity index (χ4n) is 1.75. The van der Waals surface area contributed by atoms with Crippen molar-refractivity contribution in [1.82, 2.24) is 0 Å². The van der Waals surface area contributed by atoms with Gasteiger partial charge in [-0.3, -0.25) is 0 Å². The molecule has 0 aliphatic carbocycles. The summed E-state index contributed by atoms with van der Waals surface area (Å²) in [7, 11) is 1.55. The minimum atomic E-state index is -0.832. The number of methoxy groups -OCH3 is 1. The normalized spacial score (nSPS) is 13.9. The van der Waals surface area contributed by atoms with Gasteiger partial charge in [-0.15, -0.1) is 0 Å². The molecule has 0 radical (unpaired) electrons. The largest absolute Gasteiger partial charge is 0.493 e. The van der Waals surface area contributed by atoms with E-state index in [1.807, 2.05) is 6.92 Å². The van der Waals surface area contributed by atoms with Crippen LogP contribution in [0.2, 0.25) is 0 Å². The van der Waals surface area contributed by atoms with Crippen molar-refractivity contribution >= 4 is 0 Å². The topological polar surface area (TPSA) is 84.9 Å². The number of rotatable bonds is 8. The second-order valence-electron chi connectivity index (χ2n) is 4.38. The molecule has 19 heavy (non-hydrogen) atoms. The maximum atomic E-state index is 10.1. The van der Waals surface area contributed by atoms with Gasteiger partial charge in [-0.25, -0.2) is 0 Å². The molecule has 2 atom stereocenters. The fraction of sp³-hybridized carbons (Fsp3) is 0.571. The van der Waals surface area contributed by atoms with E-state index < -0.39 is 12.1 Å². The Kier molecular flexibility index (Phi) is 6.62. The molecule has 1 rings (SSSR count). The molecule has 0 bridgehead atoms. The van der Waals surface area contributed by atoms with Gasteiger partial charge in [-0.2, -0.15) is 0 Å². The molecule has 1 aromatic rings. The Balaban J connectivity index is 2.86. The summed E-state index contributed by atoms with van der Waals surface area (Å²) in [6, 6.07) is 4.73. The van der Waals surface area contributed by atoms with Crippen molar-refractivity contribution in [2.24, 2.45) is 5.73 Å². The highest BCUT2D eigenvalue weighted by molar-refractivity contribution is 5.43. The van der Waals surface area contributed by atoms with E-state index in [-0.39, 0.29) is 6.61 Å². The SMILES string of the molecule is CCCOc1ccc(C(O)C(N)CCO)cc1OC. The van der Waals surface area contributed by atoms with Crippen LogP contribution in [0.15, 0.2) is 18.2 Å². The number of aliphatic hydroxyl groups is 2. The van der Waals surface area contributed by atoms with Crippen LogP contribution >= 0.6 is 0 Å². The van der Waals surface area contributed by atoms with Gasteiger partial charge in [-0.05, 0) is 30.5 Å². The van der Waals surface area contributed by atoms with E-state index >= 15 is 0 Å².